The predicted molar refractivity (Wildman–Crippen MR) is 131 cm³/mol. The highest BCUT2D eigenvalue weighted by Gasteiger charge is 2.19. The number of piperidine rings is 1. The SMILES string of the molecule is C/C(=N/NC(=O)c1ccc(CN2CCC(Cc3ccccc3)CC2)cc1)c1ccccc1. The van der Waals surface area contributed by atoms with Crippen LogP contribution < -0.4 is 5.43 Å². The number of carbonyl (C=O) groups is 1. The molecule has 3 aromatic carbocycles. The Labute approximate surface area is 191 Å². The number of nitrogens with zero attached hydrogens (tertiary/aromatic N) is 2. The Balaban J connectivity index is 1.25. The molecule has 0 atom stereocenters. The normalized spacial score (nSPS) is 15.5. The summed E-state index contributed by atoms with van der Waals surface area (Å²) in [5.41, 5.74) is 7.76. The monoisotopic (exact) mass is 425 g/mol. The molecule has 4 rings (SSSR count). The van der Waals surface area contributed by atoms with Gasteiger partial charge in [0.25, 0.3) is 5.91 Å². The molecular formula is C28H31N3O. The lowest BCUT2D eigenvalue weighted by Crippen LogP contribution is -2.33. The van der Waals surface area contributed by atoms with Gasteiger partial charge in [-0.25, -0.2) is 5.43 Å². The van der Waals surface area contributed by atoms with Gasteiger partial charge in [0.1, 0.15) is 0 Å². The summed E-state index contributed by atoms with van der Waals surface area (Å²) in [7, 11) is 0. The van der Waals surface area contributed by atoms with Crippen LogP contribution in [0.25, 0.3) is 0 Å². The van der Waals surface area contributed by atoms with E-state index in [1.165, 1.54) is 30.4 Å². The summed E-state index contributed by atoms with van der Waals surface area (Å²) in [4.78, 5) is 15.0. The van der Waals surface area contributed by atoms with E-state index in [-0.39, 0.29) is 5.91 Å². The maximum absolute atomic E-state index is 12.4. The van der Waals surface area contributed by atoms with Crippen molar-refractivity contribution in [2.45, 2.75) is 32.7 Å². The zero-order chi connectivity index (χ0) is 22.2. The van der Waals surface area contributed by atoms with Crippen LogP contribution in [0.2, 0.25) is 0 Å². The molecule has 0 spiro atoms. The number of carbonyl (C=O) groups excluding carboxylic acids is 1. The minimum absolute atomic E-state index is 0.187. The summed E-state index contributed by atoms with van der Waals surface area (Å²) in [6, 6.07) is 28.5. The molecule has 32 heavy (non-hydrogen) atoms. The fourth-order valence-corrected chi connectivity index (χ4v) is 4.26. The highest BCUT2D eigenvalue weighted by molar-refractivity contribution is 6.00. The Kier molecular flexibility index (Phi) is 7.47. The second kappa shape index (κ2) is 10.9. The highest BCUT2D eigenvalue weighted by Crippen LogP contribution is 2.23. The molecule has 0 aromatic heterocycles. The molecule has 0 radical (unpaired) electrons. The van der Waals surface area contributed by atoms with Crippen molar-refractivity contribution >= 4 is 11.6 Å². The molecule has 1 aliphatic rings. The van der Waals surface area contributed by atoms with Crippen LogP contribution in [-0.4, -0.2) is 29.6 Å². The quantitative estimate of drug-likeness (QED) is 0.413. The number of benzene rings is 3. The van der Waals surface area contributed by atoms with Gasteiger partial charge in [-0.15, -0.1) is 0 Å². The smallest absolute Gasteiger partial charge is 0.271 e. The van der Waals surface area contributed by atoms with Gasteiger partial charge in [0.15, 0.2) is 0 Å². The summed E-state index contributed by atoms with van der Waals surface area (Å²) in [5.74, 6) is 0.591. The lowest BCUT2D eigenvalue weighted by molar-refractivity contribution is 0.0955. The average Bonchev–Trinajstić information content (AvgIpc) is 2.85. The van der Waals surface area contributed by atoms with Crippen LogP contribution in [-0.2, 0) is 13.0 Å². The molecule has 1 saturated heterocycles. The van der Waals surface area contributed by atoms with E-state index in [4.69, 9.17) is 0 Å². The molecule has 164 valence electrons. The van der Waals surface area contributed by atoms with E-state index in [1.54, 1.807) is 0 Å². The number of amides is 1. The van der Waals surface area contributed by atoms with Crippen molar-refractivity contribution in [2.75, 3.05) is 13.1 Å². The van der Waals surface area contributed by atoms with E-state index in [1.807, 2.05) is 49.4 Å². The van der Waals surface area contributed by atoms with Crippen LogP contribution in [0.4, 0.5) is 0 Å². The topological polar surface area (TPSA) is 44.7 Å². The van der Waals surface area contributed by atoms with Gasteiger partial charge in [0.05, 0.1) is 5.71 Å². The molecule has 1 fully saturated rings. The number of hydrogen-bond donors (Lipinski definition) is 1. The molecule has 0 saturated carbocycles. The highest BCUT2D eigenvalue weighted by atomic mass is 16.2. The molecule has 0 bridgehead atoms. The van der Waals surface area contributed by atoms with Crippen molar-refractivity contribution in [1.29, 1.82) is 0 Å². The predicted octanol–water partition coefficient (Wildman–Crippen LogP) is 5.30. The molecule has 4 nitrogen and oxygen atoms in total. The number of hydrazone groups is 1. The number of likely N-dealkylation sites (tertiary alicyclic amines) is 1. The molecule has 1 heterocycles. The zero-order valence-corrected chi connectivity index (χ0v) is 18.7. The number of nitrogens with one attached hydrogen (secondary N) is 1. The van der Waals surface area contributed by atoms with Crippen molar-refractivity contribution in [1.82, 2.24) is 10.3 Å². The van der Waals surface area contributed by atoms with Crippen LogP contribution in [0.5, 0.6) is 0 Å². The average molecular weight is 426 g/mol. The third-order valence-corrected chi connectivity index (χ3v) is 6.21. The fourth-order valence-electron chi connectivity index (χ4n) is 4.26. The van der Waals surface area contributed by atoms with Crippen LogP contribution in [0.1, 0.15) is 46.8 Å². The molecule has 3 aromatic rings. The maximum atomic E-state index is 12.4. The summed E-state index contributed by atoms with van der Waals surface area (Å²) in [6.07, 6.45) is 3.67. The minimum atomic E-state index is -0.187. The molecule has 0 unspecified atom stereocenters. The van der Waals surface area contributed by atoms with Gasteiger partial charge >= 0.3 is 0 Å². The van der Waals surface area contributed by atoms with Crippen LogP contribution in [0, 0.1) is 5.92 Å². The minimum Gasteiger partial charge on any atom is -0.299 e. The van der Waals surface area contributed by atoms with E-state index in [2.05, 4.69) is 57.9 Å². The molecule has 1 N–H and O–H groups in total. The Morgan fingerprint density at radius 2 is 1.47 bits per heavy atom. The van der Waals surface area contributed by atoms with Crippen molar-refractivity contribution in [3.63, 3.8) is 0 Å². The van der Waals surface area contributed by atoms with Crippen molar-refractivity contribution in [2.24, 2.45) is 11.0 Å². The molecule has 4 heteroatoms. The van der Waals surface area contributed by atoms with E-state index < -0.39 is 0 Å². The van der Waals surface area contributed by atoms with E-state index in [9.17, 15) is 4.79 Å². The second-order valence-corrected chi connectivity index (χ2v) is 8.61. The molecule has 0 aliphatic carbocycles. The zero-order valence-electron chi connectivity index (χ0n) is 18.7. The van der Waals surface area contributed by atoms with Gasteiger partial charge in [-0.05, 0) is 74.0 Å². The first kappa shape index (κ1) is 22.0. The fraction of sp³-hybridized carbons (Fsp3) is 0.286. The van der Waals surface area contributed by atoms with Crippen LogP contribution >= 0.6 is 0 Å². The van der Waals surface area contributed by atoms with Gasteiger partial charge in [0, 0.05) is 12.1 Å². The van der Waals surface area contributed by atoms with E-state index in [0.29, 0.717) is 5.56 Å². The van der Waals surface area contributed by atoms with Gasteiger partial charge in [0.2, 0.25) is 0 Å². The van der Waals surface area contributed by atoms with E-state index in [0.717, 1.165) is 36.8 Å². The third-order valence-electron chi connectivity index (χ3n) is 6.21. The summed E-state index contributed by atoms with van der Waals surface area (Å²) in [6.45, 7) is 5.09. The van der Waals surface area contributed by atoms with E-state index >= 15 is 0 Å². The standard InChI is InChI=1S/C28H31N3O/c1-22(26-10-6-3-7-11-26)29-30-28(32)27-14-12-25(13-15-27)21-31-18-16-24(17-19-31)20-23-8-4-2-5-9-23/h2-15,24H,16-21H2,1H3,(H,30,32)/b29-22-. The Bertz CT molecular complexity index is 1020. The van der Waals surface area contributed by atoms with Gasteiger partial charge in [-0.3, -0.25) is 9.69 Å². The first-order valence-corrected chi connectivity index (χ1v) is 11.4. The summed E-state index contributed by atoms with van der Waals surface area (Å²) in [5, 5.41) is 4.23. The van der Waals surface area contributed by atoms with Gasteiger partial charge < -0.3 is 0 Å². The van der Waals surface area contributed by atoms with Crippen molar-refractivity contribution in [3.05, 3.63) is 107 Å². The maximum Gasteiger partial charge on any atom is 0.271 e. The second-order valence-electron chi connectivity index (χ2n) is 8.61. The Morgan fingerprint density at radius 1 is 0.844 bits per heavy atom. The van der Waals surface area contributed by atoms with Crippen LogP contribution in [0.15, 0.2) is 90.0 Å². The number of rotatable bonds is 7. The molecule has 1 amide bonds. The lowest BCUT2D eigenvalue weighted by Gasteiger charge is -2.32. The summed E-state index contributed by atoms with van der Waals surface area (Å²) >= 11 is 0. The van der Waals surface area contributed by atoms with Crippen LogP contribution in [0.3, 0.4) is 0 Å². The summed E-state index contributed by atoms with van der Waals surface area (Å²) < 4.78 is 0. The first-order valence-electron chi connectivity index (χ1n) is 11.4. The van der Waals surface area contributed by atoms with Crippen molar-refractivity contribution in [3.8, 4) is 0 Å². The lowest BCUT2D eigenvalue weighted by atomic mass is 9.90. The molecule has 1 aliphatic heterocycles. The third kappa shape index (κ3) is 6.14. The number of hydrogen-bond acceptors (Lipinski definition) is 3. The Morgan fingerprint density at radius 3 is 2.12 bits per heavy atom. The largest absolute Gasteiger partial charge is 0.299 e. The van der Waals surface area contributed by atoms with Crippen molar-refractivity contribution < 1.29 is 4.79 Å². The van der Waals surface area contributed by atoms with Gasteiger partial charge in [-0.1, -0.05) is 72.8 Å². The first-order chi connectivity index (χ1) is 15.7. The van der Waals surface area contributed by atoms with Gasteiger partial charge in [-0.2, -0.15) is 5.10 Å². The molecular weight excluding hydrogens is 394 g/mol. The Hall–Kier alpha value is -3.24.